The molecule has 58 heavy (non-hydrogen) atoms. The van der Waals surface area contributed by atoms with Gasteiger partial charge >= 0.3 is 0 Å². The van der Waals surface area contributed by atoms with Crippen molar-refractivity contribution in [1.29, 1.82) is 0 Å². The van der Waals surface area contributed by atoms with E-state index in [2.05, 4.69) is 206 Å². The Hall–Kier alpha value is -7.54. The molecule has 0 unspecified atom stereocenters. The minimum absolute atomic E-state index is 1.24. The predicted octanol–water partition coefficient (Wildman–Crippen LogP) is 16.5. The van der Waals surface area contributed by atoms with Crippen LogP contribution in [0.3, 0.4) is 0 Å². The maximum absolute atomic E-state index is 2.52. The summed E-state index contributed by atoms with van der Waals surface area (Å²) >= 11 is 0. The standard InChI is InChI=1S/C58H34/c1-4-14-35(15-5-1)38-26-27-40-33-41(29-28-39(40)32-38)42-30-31-49-54-45(42)22-12-25-48(54)57-52(36-16-6-2-7-17-36)51-34-50-44-21-11-10-20-43(44)46-23-13-24-47(55(46)50)56(51)53(58(49)57)37-18-8-3-9-19-37/h1-34H. The average Bonchev–Trinajstić information content (AvgIpc) is 3.80. The Morgan fingerprint density at radius 3 is 1.38 bits per heavy atom. The van der Waals surface area contributed by atoms with Crippen LogP contribution in [-0.4, -0.2) is 0 Å². The second-order valence-corrected chi connectivity index (χ2v) is 15.9. The van der Waals surface area contributed by atoms with Crippen LogP contribution in [0.1, 0.15) is 0 Å². The summed E-state index contributed by atoms with van der Waals surface area (Å²) in [7, 11) is 0. The topological polar surface area (TPSA) is 0 Å². The fourth-order valence-electron chi connectivity index (χ4n) is 10.5. The van der Waals surface area contributed by atoms with Crippen LogP contribution in [0.2, 0.25) is 0 Å². The molecule has 266 valence electrons. The highest BCUT2D eigenvalue weighted by atomic mass is 14.3. The van der Waals surface area contributed by atoms with Crippen LogP contribution in [0.15, 0.2) is 206 Å². The maximum Gasteiger partial charge on any atom is -0.000719 e. The van der Waals surface area contributed by atoms with Crippen LogP contribution in [-0.2, 0) is 0 Å². The third-order valence-electron chi connectivity index (χ3n) is 12.9. The molecule has 0 aliphatic heterocycles. The fraction of sp³-hybridized carbons (Fsp3) is 0. The molecule has 0 heteroatoms. The van der Waals surface area contributed by atoms with Crippen molar-refractivity contribution in [1.82, 2.24) is 0 Å². The molecule has 0 saturated carbocycles. The quantitative estimate of drug-likeness (QED) is 0.158. The first-order valence-corrected chi connectivity index (χ1v) is 20.3. The molecule has 13 rings (SSSR count). The van der Waals surface area contributed by atoms with Gasteiger partial charge in [0.1, 0.15) is 0 Å². The molecule has 0 N–H and O–H groups in total. The molecule has 0 saturated heterocycles. The summed E-state index contributed by atoms with van der Waals surface area (Å²) in [6, 6.07) is 76.9. The van der Waals surface area contributed by atoms with E-state index in [1.165, 1.54) is 131 Å². The van der Waals surface area contributed by atoms with E-state index in [4.69, 9.17) is 0 Å². The molecule has 0 atom stereocenters. The summed E-state index contributed by atoms with van der Waals surface area (Å²) in [6.07, 6.45) is 0. The van der Waals surface area contributed by atoms with Gasteiger partial charge in [-0.3, -0.25) is 0 Å². The van der Waals surface area contributed by atoms with Crippen LogP contribution in [0.25, 0.3) is 131 Å². The Morgan fingerprint density at radius 1 is 0.190 bits per heavy atom. The lowest BCUT2D eigenvalue weighted by molar-refractivity contribution is 1.64. The first kappa shape index (κ1) is 31.6. The minimum atomic E-state index is 1.24. The molecule has 0 radical (unpaired) electrons. The van der Waals surface area contributed by atoms with E-state index in [-0.39, 0.29) is 0 Å². The molecule has 0 aliphatic carbocycles. The molecule has 0 amide bonds. The van der Waals surface area contributed by atoms with Crippen molar-refractivity contribution < 1.29 is 0 Å². The van der Waals surface area contributed by atoms with Crippen molar-refractivity contribution in [2.24, 2.45) is 0 Å². The minimum Gasteiger partial charge on any atom is -0.0622 e. The molecule has 0 aliphatic rings. The van der Waals surface area contributed by atoms with Crippen molar-refractivity contribution in [3.63, 3.8) is 0 Å². The number of hydrogen-bond donors (Lipinski definition) is 0. The van der Waals surface area contributed by atoms with Crippen molar-refractivity contribution in [3.8, 4) is 44.5 Å². The fourth-order valence-corrected chi connectivity index (χ4v) is 10.5. The molecular formula is C58H34. The van der Waals surface area contributed by atoms with Crippen LogP contribution < -0.4 is 0 Å². The van der Waals surface area contributed by atoms with Gasteiger partial charge in [-0.1, -0.05) is 188 Å². The van der Waals surface area contributed by atoms with E-state index in [0.29, 0.717) is 0 Å². The summed E-state index contributed by atoms with van der Waals surface area (Å²) in [5, 5.41) is 21.0. The third-order valence-corrected chi connectivity index (χ3v) is 12.9. The highest BCUT2D eigenvalue weighted by molar-refractivity contribution is 6.45. The zero-order valence-electron chi connectivity index (χ0n) is 31.6. The zero-order chi connectivity index (χ0) is 37.9. The van der Waals surface area contributed by atoms with E-state index in [0.717, 1.165) is 0 Å². The largest absolute Gasteiger partial charge is 0.0622 e. The van der Waals surface area contributed by atoms with Crippen molar-refractivity contribution in [2.45, 2.75) is 0 Å². The summed E-state index contributed by atoms with van der Waals surface area (Å²) in [5.74, 6) is 0. The van der Waals surface area contributed by atoms with Crippen LogP contribution >= 0.6 is 0 Å². The lowest BCUT2D eigenvalue weighted by atomic mass is 9.84. The van der Waals surface area contributed by atoms with Crippen LogP contribution in [0.4, 0.5) is 0 Å². The van der Waals surface area contributed by atoms with Gasteiger partial charge in [0.15, 0.2) is 0 Å². The monoisotopic (exact) mass is 730 g/mol. The lowest BCUT2D eigenvalue weighted by Gasteiger charge is -2.19. The normalized spacial score (nSPS) is 12.1. The highest BCUT2D eigenvalue weighted by Gasteiger charge is 2.27. The predicted molar refractivity (Wildman–Crippen MR) is 251 cm³/mol. The van der Waals surface area contributed by atoms with Gasteiger partial charge in [-0.15, -0.1) is 0 Å². The van der Waals surface area contributed by atoms with E-state index < -0.39 is 0 Å². The summed E-state index contributed by atoms with van der Waals surface area (Å²) in [6.45, 7) is 0. The van der Waals surface area contributed by atoms with Crippen molar-refractivity contribution >= 4 is 86.2 Å². The SMILES string of the molecule is c1ccc(-c2ccc3cc(-c4ccc5c6c(-c7ccccc7)c7c(cc8c9ccccc9c9cccc7c98)c(-c7ccccc7)c6c6cccc4c65)ccc3c2)cc1. The number of hydrogen-bond acceptors (Lipinski definition) is 0. The molecule has 13 aromatic rings. The lowest BCUT2D eigenvalue weighted by Crippen LogP contribution is -1.91. The van der Waals surface area contributed by atoms with Gasteiger partial charge in [-0.05, 0) is 149 Å². The third kappa shape index (κ3) is 4.35. The molecule has 0 aromatic heterocycles. The molecule has 13 aromatic carbocycles. The second-order valence-electron chi connectivity index (χ2n) is 15.9. The summed E-state index contributed by atoms with van der Waals surface area (Å²) < 4.78 is 0. The average molecular weight is 731 g/mol. The Bertz CT molecular complexity index is 3750. The van der Waals surface area contributed by atoms with Gasteiger partial charge in [-0.2, -0.15) is 0 Å². The van der Waals surface area contributed by atoms with Gasteiger partial charge in [0, 0.05) is 0 Å². The molecule has 0 spiro atoms. The summed E-state index contributed by atoms with van der Waals surface area (Å²) in [4.78, 5) is 0. The van der Waals surface area contributed by atoms with Gasteiger partial charge in [-0.25, -0.2) is 0 Å². The Morgan fingerprint density at radius 2 is 0.672 bits per heavy atom. The van der Waals surface area contributed by atoms with Gasteiger partial charge in [0.05, 0.1) is 0 Å². The molecule has 0 heterocycles. The van der Waals surface area contributed by atoms with E-state index >= 15 is 0 Å². The summed E-state index contributed by atoms with van der Waals surface area (Å²) in [5.41, 5.74) is 10.1. The van der Waals surface area contributed by atoms with E-state index in [1.54, 1.807) is 0 Å². The van der Waals surface area contributed by atoms with Crippen molar-refractivity contribution in [2.75, 3.05) is 0 Å². The van der Waals surface area contributed by atoms with E-state index in [9.17, 15) is 0 Å². The molecule has 0 bridgehead atoms. The first-order valence-electron chi connectivity index (χ1n) is 20.3. The Balaban J connectivity index is 1.18. The zero-order valence-corrected chi connectivity index (χ0v) is 31.6. The first-order chi connectivity index (χ1) is 28.8. The highest BCUT2D eigenvalue weighted by Crippen LogP contribution is 2.55. The van der Waals surface area contributed by atoms with Gasteiger partial charge in [0.25, 0.3) is 0 Å². The molecule has 0 nitrogen and oxygen atoms in total. The Kier molecular flexibility index (Phi) is 6.54. The van der Waals surface area contributed by atoms with Crippen LogP contribution in [0, 0.1) is 0 Å². The molecular weight excluding hydrogens is 697 g/mol. The second kappa shape index (κ2) is 12.0. The van der Waals surface area contributed by atoms with Gasteiger partial charge in [0.2, 0.25) is 0 Å². The van der Waals surface area contributed by atoms with Crippen LogP contribution in [0.5, 0.6) is 0 Å². The van der Waals surface area contributed by atoms with Gasteiger partial charge < -0.3 is 0 Å². The molecule has 0 fully saturated rings. The smallest absolute Gasteiger partial charge is 0.000719 e. The Labute approximate surface area is 335 Å². The number of benzene rings is 11. The van der Waals surface area contributed by atoms with E-state index in [1.807, 2.05) is 0 Å². The number of fused-ring (bicyclic) bond motifs is 9. The van der Waals surface area contributed by atoms with Crippen molar-refractivity contribution in [3.05, 3.63) is 206 Å². The maximum atomic E-state index is 2.52. The number of rotatable bonds is 4.